The summed E-state index contributed by atoms with van der Waals surface area (Å²) in [5.74, 6) is 3.72. The second kappa shape index (κ2) is 10.3. The Kier molecular flexibility index (Phi) is 6.90. The molecule has 1 aliphatic heterocycles. The first-order valence-corrected chi connectivity index (χ1v) is 14.9. The molecule has 5 aliphatic rings. The average Bonchev–Trinajstić information content (AvgIpc) is 3.32. The largest absolute Gasteiger partial charge is 0.368 e. The number of carbonyl (C=O) groups is 2. The van der Waals surface area contributed by atoms with Gasteiger partial charge in [-0.1, -0.05) is 30.0 Å². The number of benzene rings is 1. The van der Waals surface area contributed by atoms with Crippen LogP contribution in [-0.2, 0) is 22.7 Å². The Morgan fingerprint density at radius 1 is 0.973 bits per heavy atom. The Labute approximate surface area is 223 Å². The van der Waals surface area contributed by atoms with E-state index in [1.54, 1.807) is 0 Å². The number of hydrogen-bond acceptors (Lipinski definition) is 6. The molecular weight excluding hydrogens is 484 g/mol. The molecule has 2 aromatic rings. The zero-order valence-corrected chi connectivity index (χ0v) is 22.6. The molecule has 1 aromatic carbocycles. The fraction of sp³-hybridized carbons (Fsp3) is 0.643. The van der Waals surface area contributed by atoms with Gasteiger partial charge in [-0.15, -0.1) is 10.2 Å². The van der Waals surface area contributed by atoms with Crippen LogP contribution in [0.1, 0.15) is 51.3 Å². The highest BCUT2D eigenvalue weighted by Gasteiger charge is 2.54. The van der Waals surface area contributed by atoms with Crippen molar-refractivity contribution in [1.82, 2.24) is 25.0 Å². The monoisotopic (exact) mass is 522 g/mol. The molecule has 198 valence electrons. The van der Waals surface area contributed by atoms with Crippen molar-refractivity contribution in [3.8, 4) is 0 Å². The maximum atomic E-state index is 13.4. The molecule has 1 saturated heterocycles. The topological polar surface area (TPSA) is 83.4 Å². The van der Waals surface area contributed by atoms with Crippen LogP contribution in [-0.4, -0.2) is 63.4 Å². The minimum atomic E-state index is -0.152. The second-order valence-electron chi connectivity index (χ2n) is 11.5. The van der Waals surface area contributed by atoms with Crippen LogP contribution < -0.4 is 10.2 Å². The fourth-order valence-corrected chi connectivity index (χ4v) is 8.60. The number of para-hydroxylation sites is 1. The van der Waals surface area contributed by atoms with Gasteiger partial charge in [-0.05, 0) is 75.3 Å². The van der Waals surface area contributed by atoms with Crippen molar-refractivity contribution in [2.45, 2.75) is 63.7 Å². The van der Waals surface area contributed by atoms with E-state index >= 15 is 0 Å². The number of nitrogens with zero attached hydrogens (tertiary/aromatic N) is 5. The molecule has 9 heteroatoms. The second-order valence-corrected chi connectivity index (χ2v) is 12.5. The van der Waals surface area contributed by atoms with E-state index in [0.29, 0.717) is 18.8 Å². The van der Waals surface area contributed by atoms with Crippen LogP contribution in [0.3, 0.4) is 0 Å². The molecule has 0 radical (unpaired) electrons. The summed E-state index contributed by atoms with van der Waals surface area (Å²) in [6.45, 7) is 6.33. The van der Waals surface area contributed by atoms with E-state index in [2.05, 4.69) is 51.6 Å². The number of hydrogen-bond donors (Lipinski definition) is 1. The SMILES string of the molecule is CCn1c(CNC(=O)C23CC4CC(CC(C4)C2)C3)nnc1SCC(=O)N1CCN(c2ccccc2)CC1. The smallest absolute Gasteiger partial charge is 0.233 e. The molecule has 37 heavy (non-hydrogen) atoms. The summed E-state index contributed by atoms with van der Waals surface area (Å²) < 4.78 is 2.03. The number of aromatic nitrogens is 3. The Morgan fingerprint density at radius 2 is 1.62 bits per heavy atom. The van der Waals surface area contributed by atoms with Crippen LogP contribution in [0, 0.1) is 23.2 Å². The lowest BCUT2D eigenvalue weighted by atomic mass is 9.49. The average molecular weight is 523 g/mol. The molecule has 4 bridgehead atoms. The first-order valence-electron chi connectivity index (χ1n) is 13.9. The van der Waals surface area contributed by atoms with Gasteiger partial charge in [-0.3, -0.25) is 9.59 Å². The van der Waals surface area contributed by atoms with Gasteiger partial charge in [-0.25, -0.2) is 0 Å². The molecular formula is C28H38N6O2S. The Morgan fingerprint density at radius 3 is 2.24 bits per heavy atom. The minimum Gasteiger partial charge on any atom is -0.368 e. The van der Waals surface area contributed by atoms with Crippen molar-refractivity contribution in [2.75, 3.05) is 36.8 Å². The highest BCUT2D eigenvalue weighted by Crippen LogP contribution is 2.60. The number of piperazine rings is 1. The molecule has 1 aromatic heterocycles. The first-order chi connectivity index (χ1) is 18.0. The maximum absolute atomic E-state index is 13.4. The molecule has 0 atom stereocenters. The molecule has 4 aliphatic carbocycles. The fourth-order valence-electron chi connectivity index (χ4n) is 7.68. The number of thioether (sulfide) groups is 1. The Bertz CT molecular complexity index is 1090. The lowest BCUT2D eigenvalue weighted by Crippen LogP contribution is -2.53. The van der Waals surface area contributed by atoms with E-state index in [1.807, 2.05) is 15.5 Å². The molecule has 7 rings (SSSR count). The quantitative estimate of drug-likeness (QED) is 0.534. The standard InChI is InChI=1S/C28H38N6O2S/c1-2-34-24(18-29-26(36)28-15-20-12-21(16-28)14-22(13-20)17-28)30-31-27(34)37-19-25(35)33-10-8-32(9-11-33)23-6-4-3-5-7-23/h3-7,20-22H,2,8-19H2,1H3,(H,29,36). The number of rotatable bonds is 8. The van der Waals surface area contributed by atoms with E-state index in [1.165, 1.54) is 36.7 Å². The minimum absolute atomic E-state index is 0.139. The summed E-state index contributed by atoms with van der Waals surface area (Å²) in [6, 6.07) is 10.4. The third kappa shape index (κ3) is 4.99. The van der Waals surface area contributed by atoms with Gasteiger partial charge in [-0.2, -0.15) is 0 Å². The van der Waals surface area contributed by atoms with Crippen molar-refractivity contribution in [3.63, 3.8) is 0 Å². The summed E-state index contributed by atoms with van der Waals surface area (Å²) in [5.41, 5.74) is 1.06. The van der Waals surface area contributed by atoms with Crippen molar-refractivity contribution >= 4 is 29.3 Å². The van der Waals surface area contributed by atoms with Crippen molar-refractivity contribution in [1.29, 1.82) is 0 Å². The van der Waals surface area contributed by atoms with Crippen molar-refractivity contribution < 1.29 is 9.59 Å². The predicted molar refractivity (Wildman–Crippen MR) is 144 cm³/mol. The zero-order valence-electron chi connectivity index (χ0n) is 21.8. The predicted octanol–water partition coefficient (Wildman–Crippen LogP) is 3.57. The first kappa shape index (κ1) is 24.8. The molecule has 2 heterocycles. The Hall–Kier alpha value is -2.55. The summed E-state index contributed by atoms with van der Waals surface area (Å²) >= 11 is 1.44. The van der Waals surface area contributed by atoms with E-state index in [4.69, 9.17) is 0 Å². The third-order valence-electron chi connectivity index (χ3n) is 9.12. The van der Waals surface area contributed by atoms with Crippen LogP contribution in [0.2, 0.25) is 0 Å². The lowest BCUT2D eigenvalue weighted by molar-refractivity contribution is -0.146. The lowest BCUT2D eigenvalue weighted by Gasteiger charge is -2.55. The van der Waals surface area contributed by atoms with E-state index in [9.17, 15) is 9.59 Å². The number of amides is 2. The van der Waals surface area contributed by atoms with Gasteiger partial charge in [0.15, 0.2) is 11.0 Å². The number of nitrogens with one attached hydrogen (secondary N) is 1. The van der Waals surface area contributed by atoms with Gasteiger partial charge in [0.05, 0.1) is 12.3 Å². The zero-order chi connectivity index (χ0) is 25.4. The van der Waals surface area contributed by atoms with Crippen LogP contribution in [0.5, 0.6) is 0 Å². The molecule has 2 amide bonds. The van der Waals surface area contributed by atoms with Crippen molar-refractivity contribution in [3.05, 3.63) is 36.2 Å². The summed E-state index contributed by atoms with van der Waals surface area (Å²) in [7, 11) is 0. The highest BCUT2D eigenvalue weighted by molar-refractivity contribution is 7.99. The Balaban J connectivity index is 1.01. The molecule has 0 unspecified atom stereocenters. The normalized spacial score (nSPS) is 28.5. The summed E-state index contributed by atoms with van der Waals surface area (Å²) in [5, 5.41) is 12.7. The van der Waals surface area contributed by atoms with Gasteiger partial charge in [0.25, 0.3) is 0 Å². The van der Waals surface area contributed by atoms with Gasteiger partial charge < -0.3 is 19.7 Å². The third-order valence-corrected chi connectivity index (χ3v) is 10.1. The van der Waals surface area contributed by atoms with Crippen LogP contribution in [0.4, 0.5) is 5.69 Å². The van der Waals surface area contributed by atoms with Crippen molar-refractivity contribution in [2.24, 2.45) is 23.2 Å². The molecule has 8 nitrogen and oxygen atoms in total. The van der Waals surface area contributed by atoms with Crippen LogP contribution >= 0.6 is 11.8 Å². The maximum Gasteiger partial charge on any atom is 0.233 e. The van der Waals surface area contributed by atoms with Gasteiger partial charge in [0.1, 0.15) is 0 Å². The van der Waals surface area contributed by atoms with E-state index in [-0.39, 0.29) is 17.2 Å². The van der Waals surface area contributed by atoms with Gasteiger partial charge in [0.2, 0.25) is 11.8 Å². The van der Waals surface area contributed by atoms with Gasteiger partial charge >= 0.3 is 0 Å². The van der Waals surface area contributed by atoms with E-state index in [0.717, 1.165) is 74.2 Å². The van der Waals surface area contributed by atoms with E-state index < -0.39 is 0 Å². The van der Waals surface area contributed by atoms with Crippen LogP contribution in [0.15, 0.2) is 35.5 Å². The molecule has 4 saturated carbocycles. The van der Waals surface area contributed by atoms with Gasteiger partial charge in [0, 0.05) is 43.8 Å². The summed E-state index contributed by atoms with van der Waals surface area (Å²) in [4.78, 5) is 30.5. The molecule has 0 spiro atoms. The van der Waals surface area contributed by atoms with Crippen LogP contribution in [0.25, 0.3) is 0 Å². The summed E-state index contributed by atoms with van der Waals surface area (Å²) in [6.07, 6.45) is 7.19. The molecule has 1 N–H and O–H groups in total. The number of anilines is 1. The molecule has 5 fully saturated rings. The highest BCUT2D eigenvalue weighted by atomic mass is 32.2. The number of carbonyl (C=O) groups excluding carboxylic acids is 2.